The number of hydrogen-bond acceptors (Lipinski definition) is 3. The van der Waals surface area contributed by atoms with E-state index in [1.807, 2.05) is 13.8 Å². The van der Waals surface area contributed by atoms with Crippen molar-refractivity contribution in [2.75, 3.05) is 0 Å². The summed E-state index contributed by atoms with van der Waals surface area (Å²) in [5.74, 6) is -1.06. The van der Waals surface area contributed by atoms with Crippen LogP contribution in [0.2, 0.25) is 0 Å². The van der Waals surface area contributed by atoms with Crippen LogP contribution in [0.1, 0.15) is 35.0 Å². The lowest BCUT2D eigenvalue weighted by Gasteiger charge is -2.08. The highest BCUT2D eigenvalue weighted by Crippen LogP contribution is 2.22. The van der Waals surface area contributed by atoms with E-state index < -0.39 is 5.97 Å². The van der Waals surface area contributed by atoms with Gasteiger partial charge < -0.3 is 5.11 Å². The van der Waals surface area contributed by atoms with Gasteiger partial charge in [0.1, 0.15) is 5.82 Å². The first-order chi connectivity index (χ1) is 9.52. The van der Waals surface area contributed by atoms with Crippen molar-refractivity contribution >= 4 is 5.97 Å². The number of benzene rings is 1. The van der Waals surface area contributed by atoms with Crippen LogP contribution in [0.15, 0.2) is 24.4 Å². The van der Waals surface area contributed by atoms with Crippen LogP contribution in [-0.2, 0) is 6.42 Å². The Hall–Kier alpha value is -2.30. The number of carboxylic acid groups (broad SMARTS) is 1. The van der Waals surface area contributed by atoms with Gasteiger partial charge in [-0.15, -0.1) is 0 Å². The molecule has 0 unspecified atom stereocenters. The van der Waals surface area contributed by atoms with E-state index in [2.05, 4.69) is 9.97 Å². The molecule has 0 bridgehead atoms. The molecule has 0 fully saturated rings. The molecule has 0 atom stereocenters. The molecule has 20 heavy (non-hydrogen) atoms. The molecular weight excluding hydrogens is 259 g/mol. The summed E-state index contributed by atoms with van der Waals surface area (Å²) in [4.78, 5) is 19.5. The van der Waals surface area contributed by atoms with Gasteiger partial charge in [-0.25, -0.2) is 19.2 Å². The number of carbonyl (C=O) groups is 1. The smallest absolute Gasteiger partial charge is 0.339 e. The monoisotopic (exact) mass is 274 g/mol. The van der Waals surface area contributed by atoms with E-state index in [4.69, 9.17) is 5.11 Å². The van der Waals surface area contributed by atoms with Crippen LogP contribution < -0.4 is 0 Å². The molecule has 0 aliphatic carbocycles. The molecule has 0 saturated carbocycles. The van der Waals surface area contributed by atoms with Crippen molar-refractivity contribution in [2.45, 2.75) is 26.7 Å². The van der Waals surface area contributed by atoms with Crippen LogP contribution in [0.4, 0.5) is 4.39 Å². The average molecular weight is 274 g/mol. The Labute approximate surface area is 116 Å². The summed E-state index contributed by atoms with van der Waals surface area (Å²) in [5, 5.41) is 9.11. The van der Waals surface area contributed by atoms with E-state index in [9.17, 15) is 9.18 Å². The molecule has 0 spiro atoms. The molecular formula is C15H15FN2O2. The third-order valence-electron chi connectivity index (χ3n) is 3.03. The van der Waals surface area contributed by atoms with Crippen LogP contribution in [0.3, 0.4) is 0 Å². The van der Waals surface area contributed by atoms with Gasteiger partial charge in [0.25, 0.3) is 0 Å². The lowest BCUT2D eigenvalue weighted by molar-refractivity contribution is 0.0694. The quantitative estimate of drug-likeness (QED) is 0.929. The van der Waals surface area contributed by atoms with Gasteiger partial charge >= 0.3 is 5.97 Å². The number of aromatic nitrogens is 2. The SMILES string of the molecule is CCCc1nc(-c2cc(F)ccc2C)ncc1C(=O)O. The Bertz CT molecular complexity index is 656. The molecule has 2 aromatic rings. The van der Waals surface area contributed by atoms with Crippen molar-refractivity contribution in [3.8, 4) is 11.4 Å². The molecule has 0 amide bonds. The molecule has 1 aromatic carbocycles. The predicted octanol–water partition coefficient (Wildman–Crippen LogP) is 3.24. The molecule has 1 N–H and O–H groups in total. The maximum atomic E-state index is 13.3. The molecule has 0 aliphatic rings. The number of carboxylic acids is 1. The molecule has 5 heteroatoms. The fourth-order valence-corrected chi connectivity index (χ4v) is 1.99. The Morgan fingerprint density at radius 2 is 2.15 bits per heavy atom. The minimum Gasteiger partial charge on any atom is -0.478 e. The molecule has 1 heterocycles. The largest absolute Gasteiger partial charge is 0.478 e. The van der Waals surface area contributed by atoms with Gasteiger partial charge in [-0.3, -0.25) is 0 Å². The number of aryl methyl sites for hydroxylation is 2. The lowest BCUT2D eigenvalue weighted by Crippen LogP contribution is -2.07. The maximum absolute atomic E-state index is 13.3. The Kier molecular flexibility index (Phi) is 4.08. The Morgan fingerprint density at radius 1 is 1.40 bits per heavy atom. The van der Waals surface area contributed by atoms with Crippen molar-refractivity contribution in [3.05, 3.63) is 47.0 Å². The van der Waals surface area contributed by atoms with E-state index in [0.29, 0.717) is 23.5 Å². The summed E-state index contributed by atoms with van der Waals surface area (Å²) < 4.78 is 13.3. The van der Waals surface area contributed by atoms with Gasteiger partial charge in [-0.1, -0.05) is 19.4 Å². The van der Waals surface area contributed by atoms with Crippen LogP contribution in [0.5, 0.6) is 0 Å². The maximum Gasteiger partial charge on any atom is 0.339 e. The highest BCUT2D eigenvalue weighted by Gasteiger charge is 2.15. The van der Waals surface area contributed by atoms with Crippen molar-refractivity contribution in [1.82, 2.24) is 9.97 Å². The van der Waals surface area contributed by atoms with Crippen molar-refractivity contribution in [2.24, 2.45) is 0 Å². The Morgan fingerprint density at radius 3 is 2.80 bits per heavy atom. The van der Waals surface area contributed by atoms with Gasteiger partial charge in [0, 0.05) is 11.8 Å². The van der Waals surface area contributed by atoms with Crippen molar-refractivity contribution in [3.63, 3.8) is 0 Å². The fourth-order valence-electron chi connectivity index (χ4n) is 1.99. The first-order valence-corrected chi connectivity index (χ1v) is 6.38. The highest BCUT2D eigenvalue weighted by atomic mass is 19.1. The second-order valence-electron chi connectivity index (χ2n) is 4.57. The molecule has 1 aromatic heterocycles. The molecule has 2 rings (SSSR count). The van der Waals surface area contributed by atoms with Gasteiger partial charge in [-0.05, 0) is 31.0 Å². The van der Waals surface area contributed by atoms with Gasteiger partial charge in [0.05, 0.1) is 11.3 Å². The van der Waals surface area contributed by atoms with Crippen LogP contribution in [0, 0.1) is 12.7 Å². The van der Waals surface area contributed by atoms with E-state index in [1.54, 1.807) is 6.07 Å². The van der Waals surface area contributed by atoms with Crippen molar-refractivity contribution in [1.29, 1.82) is 0 Å². The molecule has 0 aliphatic heterocycles. The highest BCUT2D eigenvalue weighted by molar-refractivity contribution is 5.88. The van der Waals surface area contributed by atoms with Crippen molar-refractivity contribution < 1.29 is 14.3 Å². The zero-order valence-electron chi connectivity index (χ0n) is 11.4. The second kappa shape index (κ2) is 5.77. The van der Waals surface area contributed by atoms with E-state index in [-0.39, 0.29) is 11.4 Å². The number of aromatic carboxylic acids is 1. The summed E-state index contributed by atoms with van der Waals surface area (Å²) in [5.41, 5.74) is 2.01. The van der Waals surface area contributed by atoms with E-state index in [0.717, 1.165) is 12.0 Å². The third kappa shape index (κ3) is 2.82. The normalized spacial score (nSPS) is 10.6. The fraction of sp³-hybridized carbons (Fsp3) is 0.267. The summed E-state index contributed by atoms with van der Waals surface area (Å²) in [6.07, 6.45) is 2.62. The molecule has 0 radical (unpaired) electrons. The molecule has 104 valence electrons. The minimum absolute atomic E-state index is 0.102. The summed E-state index contributed by atoms with van der Waals surface area (Å²) in [6.45, 7) is 3.78. The summed E-state index contributed by atoms with van der Waals surface area (Å²) in [7, 11) is 0. The predicted molar refractivity (Wildman–Crippen MR) is 73.1 cm³/mol. The van der Waals surface area contributed by atoms with Gasteiger partial charge in [-0.2, -0.15) is 0 Å². The second-order valence-corrected chi connectivity index (χ2v) is 4.57. The van der Waals surface area contributed by atoms with Crippen LogP contribution in [0.25, 0.3) is 11.4 Å². The van der Waals surface area contributed by atoms with Gasteiger partial charge in [0.2, 0.25) is 0 Å². The average Bonchev–Trinajstić information content (AvgIpc) is 2.41. The van der Waals surface area contributed by atoms with E-state index >= 15 is 0 Å². The number of nitrogens with zero attached hydrogens (tertiary/aromatic N) is 2. The van der Waals surface area contributed by atoms with Gasteiger partial charge in [0.15, 0.2) is 5.82 Å². The standard InChI is InChI=1S/C15H15FN2O2/c1-3-4-13-12(15(19)20)8-17-14(18-13)11-7-10(16)6-5-9(11)2/h5-8H,3-4H2,1-2H3,(H,19,20). The Balaban J connectivity index is 2.55. The zero-order chi connectivity index (χ0) is 14.7. The summed E-state index contributed by atoms with van der Waals surface area (Å²) in [6, 6.07) is 4.39. The molecule has 4 nitrogen and oxygen atoms in total. The molecule has 0 saturated heterocycles. The van der Waals surface area contributed by atoms with Crippen LogP contribution >= 0.6 is 0 Å². The zero-order valence-corrected chi connectivity index (χ0v) is 11.4. The summed E-state index contributed by atoms with van der Waals surface area (Å²) >= 11 is 0. The minimum atomic E-state index is -1.05. The number of hydrogen-bond donors (Lipinski definition) is 1. The van der Waals surface area contributed by atoms with E-state index in [1.165, 1.54) is 18.3 Å². The topological polar surface area (TPSA) is 63.1 Å². The first kappa shape index (κ1) is 14.1. The third-order valence-corrected chi connectivity index (χ3v) is 3.03. The lowest BCUT2D eigenvalue weighted by atomic mass is 10.1. The first-order valence-electron chi connectivity index (χ1n) is 6.38. The number of halogens is 1. The van der Waals surface area contributed by atoms with Crippen LogP contribution in [-0.4, -0.2) is 21.0 Å². The number of rotatable bonds is 4.